The molecule has 3 N–H and O–H groups in total. The van der Waals surface area contributed by atoms with Gasteiger partial charge in [0.1, 0.15) is 17.4 Å². The molecule has 2 aromatic rings. The zero-order valence-corrected chi connectivity index (χ0v) is 15.5. The summed E-state index contributed by atoms with van der Waals surface area (Å²) in [4.78, 5) is 23.5. The monoisotopic (exact) mass is 412 g/mol. The van der Waals surface area contributed by atoms with Crippen LogP contribution in [0.3, 0.4) is 0 Å². The number of ether oxygens (including phenoxy) is 1. The fourth-order valence-corrected chi connectivity index (χ4v) is 2.28. The molecular formula is C19H19ClF2N2O4. The molecule has 28 heavy (non-hydrogen) atoms. The standard InChI is InChI=1S/C19H19ClF2N2O4/c20-16-6-5-15(9-17(16)22)28-11-18(26)23-8-7-14(25)10-24-19(27)12-1-3-13(21)4-2-12/h1-6,9,14,25H,7-8,10-11H2,(H,23,26)(H,24,27)/t14-/m0/s1. The molecule has 0 aliphatic carbocycles. The van der Waals surface area contributed by atoms with Crippen molar-refractivity contribution in [3.8, 4) is 5.75 Å². The highest BCUT2D eigenvalue weighted by atomic mass is 35.5. The third-order valence-electron chi connectivity index (χ3n) is 3.67. The van der Waals surface area contributed by atoms with Gasteiger partial charge in [0.2, 0.25) is 0 Å². The summed E-state index contributed by atoms with van der Waals surface area (Å²) in [6.07, 6.45) is -0.679. The molecule has 2 rings (SSSR count). The zero-order valence-electron chi connectivity index (χ0n) is 14.8. The Morgan fingerprint density at radius 3 is 2.50 bits per heavy atom. The van der Waals surface area contributed by atoms with Crippen LogP contribution in [-0.4, -0.2) is 42.7 Å². The van der Waals surface area contributed by atoms with Gasteiger partial charge in [0.05, 0.1) is 11.1 Å². The molecule has 0 bridgehead atoms. The van der Waals surface area contributed by atoms with E-state index in [1.807, 2.05) is 0 Å². The fraction of sp³-hybridized carbons (Fsp3) is 0.263. The molecule has 150 valence electrons. The number of rotatable bonds is 9. The Labute approximate surface area is 165 Å². The van der Waals surface area contributed by atoms with Crippen molar-refractivity contribution in [2.24, 2.45) is 0 Å². The summed E-state index contributed by atoms with van der Waals surface area (Å²) < 4.78 is 31.2. The van der Waals surface area contributed by atoms with Gasteiger partial charge in [-0.05, 0) is 42.8 Å². The Hall–Kier alpha value is -2.71. The smallest absolute Gasteiger partial charge is 0.257 e. The lowest BCUT2D eigenvalue weighted by atomic mass is 10.2. The van der Waals surface area contributed by atoms with Crippen molar-refractivity contribution in [1.82, 2.24) is 10.6 Å². The first-order chi connectivity index (χ1) is 13.3. The summed E-state index contributed by atoms with van der Waals surface area (Å²) in [6.45, 7) is -0.185. The van der Waals surface area contributed by atoms with Crippen LogP contribution in [0.5, 0.6) is 5.75 Å². The Balaban J connectivity index is 1.62. The Bertz CT molecular complexity index is 818. The SMILES string of the molecule is O=C(COc1ccc(Cl)c(F)c1)NCC[C@H](O)CNC(=O)c1ccc(F)cc1. The van der Waals surface area contributed by atoms with E-state index in [0.29, 0.717) is 0 Å². The summed E-state index contributed by atoms with van der Waals surface area (Å²) in [7, 11) is 0. The van der Waals surface area contributed by atoms with Gasteiger partial charge in [0.25, 0.3) is 11.8 Å². The summed E-state index contributed by atoms with van der Waals surface area (Å²) in [6, 6.07) is 8.84. The van der Waals surface area contributed by atoms with E-state index in [1.54, 1.807) is 0 Å². The molecule has 0 fully saturated rings. The number of benzene rings is 2. The average Bonchev–Trinajstić information content (AvgIpc) is 2.67. The fourth-order valence-electron chi connectivity index (χ4n) is 2.16. The first kappa shape index (κ1) is 21.6. The summed E-state index contributed by atoms with van der Waals surface area (Å²) >= 11 is 5.55. The predicted octanol–water partition coefficient (Wildman–Crippen LogP) is 2.29. The van der Waals surface area contributed by atoms with Crippen LogP contribution < -0.4 is 15.4 Å². The Kier molecular flexibility index (Phi) is 8.16. The van der Waals surface area contributed by atoms with Crippen molar-refractivity contribution in [2.75, 3.05) is 19.7 Å². The number of nitrogens with one attached hydrogen (secondary N) is 2. The number of halogens is 3. The lowest BCUT2D eigenvalue weighted by Gasteiger charge is -2.13. The number of aliphatic hydroxyl groups is 1. The van der Waals surface area contributed by atoms with E-state index in [-0.39, 0.29) is 42.5 Å². The van der Waals surface area contributed by atoms with Crippen molar-refractivity contribution < 1.29 is 28.2 Å². The van der Waals surface area contributed by atoms with Crippen molar-refractivity contribution in [3.05, 3.63) is 64.7 Å². The molecule has 0 saturated heterocycles. The van der Waals surface area contributed by atoms with Crippen LogP contribution in [0, 0.1) is 11.6 Å². The Morgan fingerprint density at radius 2 is 1.82 bits per heavy atom. The van der Waals surface area contributed by atoms with Gasteiger partial charge in [-0.1, -0.05) is 11.6 Å². The molecule has 0 unspecified atom stereocenters. The summed E-state index contributed by atoms with van der Waals surface area (Å²) in [5.41, 5.74) is 0.276. The van der Waals surface area contributed by atoms with Gasteiger partial charge in [-0.3, -0.25) is 9.59 Å². The molecule has 0 spiro atoms. The minimum Gasteiger partial charge on any atom is -0.484 e. The second-order valence-corrected chi connectivity index (χ2v) is 6.28. The predicted molar refractivity (Wildman–Crippen MR) is 99.3 cm³/mol. The number of amides is 2. The van der Waals surface area contributed by atoms with Crippen LogP contribution in [0.4, 0.5) is 8.78 Å². The largest absolute Gasteiger partial charge is 0.484 e. The normalized spacial score (nSPS) is 11.6. The minimum atomic E-state index is -0.879. The molecule has 2 amide bonds. The quantitative estimate of drug-likeness (QED) is 0.589. The van der Waals surface area contributed by atoms with Gasteiger partial charge in [-0.25, -0.2) is 8.78 Å². The van der Waals surface area contributed by atoms with Crippen molar-refractivity contribution in [3.63, 3.8) is 0 Å². The molecule has 0 saturated carbocycles. The van der Waals surface area contributed by atoms with Crippen LogP contribution in [0.15, 0.2) is 42.5 Å². The molecule has 9 heteroatoms. The highest BCUT2D eigenvalue weighted by Gasteiger charge is 2.10. The second-order valence-electron chi connectivity index (χ2n) is 5.87. The first-order valence-electron chi connectivity index (χ1n) is 8.41. The van der Waals surface area contributed by atoms with Crippen LogP contribution >= 0.6 is 11.6 Å². The summed E-state index contributed by atoms with van der Waals surface area (Å²) in [5.74, 6) is -1.81. The van der Waals surface area contributed by atoms with Crippen molar-refractivity contribution >= 4 is 23.4 Å². The highest BCUT2D eigenvalue weighted by molar-refractivity contribution is 6.30. The maximum atomic E-state index is 13.3. The van der Waals surface area contributed by atoms with Crippen LogP contribution in [0.2, 0.25) is 5.02 Å². The summed E-state index contributed by atoms with van der Waals surface area (Å²) in [5, 5.41) is 14.9. The van der Waals surface area contributed by atoms with E-state index in [4.69, 9.17) is 16.3 Å². The first-order valence-corrected chi connectivity index (χ1v) is 8.79. The van der Waals surface area contributed by atoms with Crippen molar-refractivity contribution in [1.29, 1.82) is 0 Å². The van der Waals surface area contributed by atoms with Crippen LogP contribution in [0.25, 0.3) is 0 Å². The Morgan fingerprint density at radius 1 is 1.11 bits per heavy atom. The molecule has 1 atom stereocenters. The molecule has 0 aliphatic rings. The minimum absolute atomic E-state index is 0.0212. The third kappa shape index (κ3) is 7.13. The lowest BCUT2D eigenvalue weighted by molar-refractivity contribution is -0.123. The van der Waals surface area contributed by atoms with Gasteiger partial charge in [0.15, 0.2) is 6.61 Å². The van der Waals surface area contributed by atoms with E-state index >= 15 is 0 Å². The maximum Gasteiger partial charge on any atom is 0.257 e. The molecular weight excluding hydrogens is 394 g/mol. The van der Waals surface area contributed by atoms with E-state index < -0.39 is 29.6 Å². The maximum absolute atomic E-state index is 13.3. The zero-order chi connectivity index (χ0) is 20.5. The van der Waals surface area contributed by atoms with E-state index in [2.05, 4.69) is 10.6 Å². The highest BCUT2D eigenvalue weighted by Crippen LogP contribution is 2.20. The molecule has 2 aromatic carbocycles. The molecule has 0 radical (unpaired) electrons. The number of aliphatic hydroxyl groups excluding tert-OH is 1. The van der Waals surface area contributed by atoms with Gasteiger partial charge in [-0.2, -0.15) is 0 Å². The lowest BCUT2D eigenvalue weighted by Crippen LogP contribution is -2.36. The third-order valence-corrected chi connectivity index (χ3v) is 3.97. The van der Waals surface area contributed by atoms with E-state index in [9.17, 15) is 23.5 Å². The number of carbonyl (C=O) groups excluding carboxylic acids is 2. The van der Waals surface area contributed by atoms with Gasteiger partial charge in [0, 0.05) is 24.7 Å². The number of hydrogen-bond donors (Lipinski definition) is 3. The topological polar surface area (TPSA) is 87.7 Å². The van der Waals surface area contributed by atoms with E-state index in [0.717, 1.165) is 6.07 Å². The molecule has 0 heterocycles. The van der Waals surface area contributed by atoms with Gasteiger partial charge in [-0.15, -0.1) is 0 Å². The van der Waals surface area contributed by atoms with Gasteiger partial charge >= 0.3 is 0 Å². The molecule has 6 nitrogen and oxygen atoms in total. The van der Waals surface area contributed by atoms with Crippen LogP contribution in [0.1, 0.15) is 16.8 Å². The molecule has 0 aromatic heterocycles. The average molecular weight is 413 g/mol. The number of carbonyl (C=O) groups is 2. The van der Waals surface area contributed by atoms with E-state index in [1.165, 1.54) is 36.4 Å². The van der Waals surface area contributed by atoms with Crippen molar-refractivity contribution in [2.45, 2.75) is 12.5 Å². The van der Waals surface area contributed by atoms with Crippen LogP contribution in [-0.2, 0) is 4.79 Å². The number of hydrogen-bond acceptors (Lipinski definition) is 4. The molecule has 0 aliphatic heterocycles. The van der Waals surface area contributed by atoms with Gasteiger partial charge < -0.3 is 20.5 Å². The second kappa shape index (κ2) is 10.6.